The van der Waals surface area contributed by atoms with Crippen molar-refractivity contribution in [2.24, 2.45) is 0 Å². The van der Waals surface area contributed by atoms with Crippen molar-refractivity contribution in [3.8, 4) is 11.8 Å². The van der Waals surface area contributed by atoms with E-state index in [1.54, 1.807) is 18.2 Å². The molecule has 1 heterocycles. The SMILES string of the molecule is CCCCCC#CC1(O)c2ccccc2C(=O)N1c1ccccc1. The number of fused-ring (bicyclic) bond motifs is 1. The molecule has 3 nitrogen and oxygen atoms in total. The fourth-order valence-electron chi connectivity index (χ4n) is 3.01. The average Bonchev–Trinajstić information content (AvgIpc) is 2.84. The van der Waals surface area contributed by atoms with Gasteiger partial charge in [-0.15, -0.1) is 0 Å². The van der Waals surface area contributed by atoms with Gasteiger partial charge in [0.2, 0.25) is 5.72 Å². The first-order chi connectivity index (χ1) is 11.7. The highest BCUT2D eigenvalue weighted by atomic mass is 16.3. The van der Waals surface area contributed by atoms with Crippen molar-refractivity contribution in [1.29, 1.82) is 0 Å². The number of carbonyl (C=O) groups excluding carboxylic acids is 1. The molecular formula is C21H21NO2. The average molecular weight is 319 g/mol. The lowest BCUT2D eigenvalue weighted by molar-refractivity contribution is 0.0792. The van der Waals surface area contributed by atoms with E-state index < -0.39 is 5.72 Å². The molecule has 2 aromatic carbocycles. The van der Waals surface area contributed by atoms with Gasteiger partial charge in [0, 0.05) is 23.2 Å². The first kappa shape index (κ1) is 16.3. The minimum Gasteiger partial charge on any atom is -0.357 e. The maximum absolute atomic E-state index is 12.8. The largest absolute Gasteiger partial charge is 0.357 e. The molecule has 2 aromatic rings. The molecule has 3 heteroatoms. The van der Waals surface area contributed by atoms with Gasteiger partial charge in [0.15, 0.2) is 0 Å². The number of rotatable bonds is 4. The minimum absolute atomic E-state index is 0.220. The van der Waals surface area contributed by atoms with Crippen molar-refractivity contribution in [3.63, 3.8) is 0 Å². The van der Waals surface area contributed by atoms with Gasteiger partial charge in [0.25, 0.3) is 5.91 Å². The molecule has 0 fully saturated rings. The van der Waals surface area contributed by atoms with Crippen molar-refractivity contribution in [1.82, 2.24) is 0 Å². The molecule has 1 aliphatic heterocycles. The van der Waals surface area contributed by atoms with Crippen molar-refractivity contribution < 1.29 is 9.90 Å². The molecule has 0 aromatic heterocycles. The Morgan fingerprint density at radius 2 is 1.75 bits per heavy atom. The number of amides is 1. The van der Waals surface area contributed by atoms with Crippen molar-refractivity contribution in [2.75, 3.05) is 4.90 Å². The van der Waals surface area contributed by atoms with E-state index in [9.17, 15) is 9.90 Å². The van der Waals surface area contributed by atoms with Crippen LogP contribution >= 0.6 is 0 Å². The van der Waals surface area contributed by atoms with E-state index in [-0.39, 0.29) is 5.91 Å². The van der Waals surface area contributed by atoms with Crippen molar-refractivity contribution >= 4 is 11.6 Å². The van der Waals surface area contributed by atoms with Gasteiger partial charge in [0.1, 0.15) is 0 Å². The van der Waals surface area contributed by atoms with Crippen LogP contribution in [0.25, 0.3) is 0 Å². The Morgan fingerprint density at radius 3 is 2.50 bits per heavy atom. The third-order valence-corrected chi connectivity index (χ3v) is 4.24. The molecule has 1 N–H and O–H groups in total. The quantitative estimate of drug-likeness (QED) is 0.681. The third kappa shape index (κ3) is 2.81. The van der Waals surface area contributed by atoms with Crippen LogP contribution in [0.2, 0.25) is 0 Å². The van der Waals surface area contributed by atoms with Crippen LogP contribution in [0, 0.1) is 11.8 Å². The third-order valence-electron chi connectivity index (χ3n) is 4.24. The summed E-state index contributed by atoms with van der Waals surface area (Å²) < 4.78 is 0. The Balaban J connectivity index is 2.02. The molecule has 122 valence electrons. The standard InChI is InChI=1S/C21H21NO2/c1-2-3-4-5-11-16-21(24)19-15-10-9-14-18(19)20(23)22(21)17-12-7-6-8-13-17/h6-10,12-15,24H,2-5H2,1H3. The first-order valence-corrected chi connectivity index (χ1v) is 8.40. The smallest absolute Gasteiger partial charge is 0.262 e. The Bertz CT molecular complexity index is 788. The molecular weight excluding hydrogens is 298 g/mol. The zero-order valence-electron chi connectivity index (χ0n) is 13.8. The molecule has 0 spiro atoms. The second-order valence-corrected chi connectivity index (χ2v) is 5.95. The molecule has 1 amide bonds. The summed E-state index contributed by atoms with van der Waals surface area (Å²) in [6.07, 6.45) is 3.96. The van der Waals surface area contributed by atoms with Crippen LogP contribution < -0.4 is 4.90 Å². The van der Waals surface area contributed by atoms with Gasteiger partial charge in [-0.3, -0.25) is 9.69 Å². The van der Waals surface area contributed by atoms with Crippen LogP contribution in [0.4, 0.5) is 5.69 Å². The van der Waals surface area contributed by atoms with Gasteiger partial charge < -0.3 is 5.11 Å². The van der Waals surface area contributed by atoms with Crippen molar-refractivity contribution in [3.05, 3.63) is 65.7 Å². The molecule has 0 radical (unpaired) electrons. The Kier molecular flexibility index (Phi) is 4.69. The summed E-state index contributed by atoms with van der Waals surface area (Å²) in [7, 11) is 0. The maximum Gasteiger partial charge on any atom is 0.262 e. The van der Waals surface area contributed by atoms with E-state index in [4.69, 9.17) is 0 Å². The predicted molar refractivity (Wildman–Crippen MR) is 95.5 cm³/mol. The molecule has 0 saturated carbocycles. The zero-order valence-corrected chi connectivity index (χ0v) is 13.8. The highest BCUT2D eigenvalue weighted by molar-refractivity contribution is 6.12. The van der Waals surface area contributed by atoms with E-state index in [2.05, 4.69) is 18.8 Å². The van der Waals surface area contributed by atoms with Crippen LogP contribution in [0.3, 0.4) is 0 Å². The van der Waals surface area contributed by atoms with E-state index in [0.717, 1.165) is 25.7 Å². The molecule has 1 unspecified atom stereocenters. The number of hydrogen-bond acceptors (Lipinski definition) is 2. The number of para-hydroxylation sites is 1. The minimum atomic E-state index is -1.61. The topological polar surface area (TPSA) is 40.5 Å². The lowest BCUT2D eigenvalue weighted by Gasteiger charge is -2.29. The van der Waals surface area contributed by atoms with Gasteiger partial charge in [0.05, 0.1) is 0 Å². The second-order valence-electron chi connectivity index (χ2n) is 5.95. The molecule has 1 atom stereocenters. The second kappa shape index (κ2) is 6.90. The summed E-state index contributed by atoms with van der Waals surface area (Å²) in [5, 5.41) is 11.3. The Labute approximate surface area is 142 Å². The molecule has 0 aliphatic carbocycles. The summed E-state index contributed by atoms with van der Waals surface area (Å²) in [5.41, 5.74) is 0.0962. The Hall–Kier alpha value is -2.57. The molecule has 0 bridgehead atoms. The number of hydrogen-bond donors (Lipinski definition) is 1. The summed E-state index contributed by atoms with van der Waals surface area (Å²) >= 11 is 0. The van der Waals surface area contributed by atoms with E-state index in [1.807, 2.05) is 36.4 Å². The number of benzene rings is 2. The highest BCUT2D eigenvalue weighted by Crippen LogP contribution is 2.40. The normalized spacial score (nSPS) is 18.9. The lowest BCUT2D eigenvalue weighted by atomic mass is 10.0. The van der Waals surface area contributed by atoms with Crippen LogP contribution in [-0.4, -0.2) is 11.0 Å². The van der Waals surface area contributed by atoms with Crippen molar-refractivity contribution in [2.45, 2.75) is 38.3 Å². The van der Waals surface area contributed by atoms with Gasteiger partial charge in [-0.25, -0.2) is 0 Å². The van der Waals surface area contributed by atoms with Crippen LogP contribution in [0.1, 0.15) is 48.5 Å². The Morgan fingerprint density at radius 1 is 1.04 bits per heavy atom. The summed E-state index contributed by atoms with van der Waals surface area (Å²) in [6, 6.07) is 16.3. The first-order valence-electron chi connectivity index (χ1n) is 8.40. The number of carbonyl (C=O) groups is 1. The monoisotopic (exact) mass is 319 g/mol. The number of anilines is 1. The summed E-state index contributed by atoms with van der Waals surface area (Å²) in [6.45, 7) is 2.14. The van der Waals surface area contributed by atoms with Crippen LogP contribution in [0.5, 0.6) is 0 Å². The van der Waals surface area contributed by atoms with E-state index in [1.165, 1.54) is 4.90 Å². The molecule has 1 aliphatic rings. The molecule has 24 heavy (non-hydrogen) atoms. The highest BCUT2D eigenvalue weighted by Gasteiger charge is 2.48. The van der Waals surface area contributed by atoms with Crippen LogP contribution in [0.15, 0.2) is 54.6 Å². The van der Waals surface area contributed by atoms with Gasteiger partial charge in [-0.1, -0.05) is 62.1 Å². The predicted octanol–water partition coefficient (Wildman–Crippen LogP) is 4.08. The number of nitrogens with zero attached hydrogens (tertiary/aromatic N) is 1. The number of unbranched alkanes of at least 4 members (excludes halogenated alkanes) is 3. The fraction of sp³-hybridized carbons (Fsp3) is 0.286. The lowest BCUT2D eigenvalue weighted by Crippen LogP contribution is -2.43. The molecule has 0 saturated heterocycles. The van der Waals surface area contributed by atoms with Gasteiger partial charge in [-0.2, -0.15) is 0 Å². The fourth-order valence-corrected chi connectivity index (χ4v) is 3.01. The maximum atomic E-state index is 12.8. The van der Waals surface area contributed by atoms with Gasteiger partial charge in [-0.05, 0) is 30.5 Å². The zero-order chi connectivity index (χ0) is 17.0. The van der Waals surface area contributed by atoms with Crippen LogP contribution in [-0.2, 0) is 5.72 Å². The molecule has 3 rings (SSSR count). The number of aliphatic hydroxyl groups is 1. The van der Waals surface area contributed by atoms with E-state index >= 15 is 0 Å². The van der Waals surface area contributed by atoms with Gasteiger partial charge >= 0.3 is 0 Å². The summed E-state index contributed by atoms with van der Waals surface area (Å²) in [5.74, 6) is 5.81. The summed E-state index contributed by atoms with van der Waals surface area (Å²) in [4.78, 5) is 14.2. The van der Waals surface area contributed by atoms with E-state index in [0.29, 0.717) is 16.8 Å².